The molecule has 3 N–H and O–H groups in total. The number of carbonyl (C=O) groups is 1. The molecular formula is C20H41N3O4. The zero-order valence-corrected chi connectivity index (χ0v) is 17.6. The first kappa shape index (κ1) is 24.3. The fourth-order valence-electron chi connectivity index (χ4n) is 3.13. The number of nitrogens with zero attached hydrogens (tertiary/aromatic N) is 1. The van der Waals surface area contributed by atoms with Gasteiger partial charge in [-0.25, -0.2) is 0 Å². The van der Waals surface area contributed by atoms with Gasteiger partial charge in [0.25, 0.3) is 0 Å². The van der Waals surface area contributed by atoms with E-state index in [4.69, 9.17) is 19.9 Å². The van der Waals surface area contributed by atoms with E-state index < -0.39 is 0 Å². The molecule has 7 heteroatoms. The number of carbonyl (C=O) groups excluding carboxylic acids is 1. The van der Waals surface area contributed by atoms with Crippen LogP contribution in [-0.4, -0.2) is 82.7 Å². The monoisotopic (exact) mass is 387 g/mol. The van der Waals surface area contributed by atoms with E-state index in [1.807, 2.05) is 13.8 Å². The van der Waals surface area contributed by atoms with Gasteiger partial charge in [-0.3, -0.25) is 4.79 Å². The van der Waals surface area contributed by atoms with Crippen molar-refractivity contribution in [2.45, 2.75) is 52.5 Å². The second-order valence-electron chi connectivity index (χ2n) is 7.91. The highest BCUT2D eigenvalue weighted by Crippen LogP contribution is 2.21. The molecule has 1 amide bonds. The number of likely N-dealkylation sites (tertiary alicyclic amines) is 1. The Kier molecular flexibility index (Phi) is 12.9. The van der Waals surface area contributed by atoms with E-state index in [9.17, 15) is 4.79 Å². The smallest absolute Gasteiger partial charge is 0.225 e. The van der Waals surface area contributed by atoms with Crippen molar-refractivity contribution in [2.75, 3.05) is 65.8 Å². The van der Waals surface area contributed by atoms with E-state index in [0.717, 1.165) is 51.9 Å². The summed E-state index contributed by atoms with van der Waals surface area (Å²) < 4.78 is 16.6. The van der Waals surface area contributed by atoms with E-state index in [-0.39, 0.29) is 11.3 Å². The Morgan fingerprint density at radius 2 is 1.59 bits per heavy atom. The Labute approximate surface area is 165 Å². The lowest BCUT2D eigenvalue weighted by Gasteiger charge is -2.29. The van der Waals surface area contributed by atoms with Gasteiger partial charge in [0.1, 0.15) is 0 Å². The number of rotatable bonds is 15. The normalized spacial score (nSPS) is 16.6. The van der Waals surface area contributed by atoms with Gasteiger partial charge < -0.3 is 30.2 Å². The molecule has 160 valence electrons. The number of amides is 1. The quantitative estimate of drug-likeness (QED) is 0.413. The molecule has 0 radical (unpaired) electrons. The van der Waals surface area contributed by atoms with Crippen LogP contribution in [0.1, 0.15) is 46.5 Å². The molecule has 0 bridgehead atoms. The summed E-state index contributed by atoms with van der Waals surface area (Å²) in [6, 6.07) is 0.377. The lowest BCUT2D eigenvalue weighted by molar-refractivity contribution is -0.130. The maximum absolute atomic E-state index is 12.0. The second kappa shape index (κ2) is 14.3. The maximum Gasteiger partial charge on any atom is 0.225 e. The molecule has 7 nitrogen and oxygen atoms in total. The first-order valence-corrected chi connectivity index (χ1v) is 10.4. The van der Waals surface area contributed by atoms with Gasteiger partial charge in [0.05, 0.1) is 39.6 Å². The highest BCUT2D eigenvalue weighted by atomic mass is 16.5. The van der Waals surface area contributed by atoms with Crippen LogP contribution in [0.5, 0.6) is 0 Å². The van der Waals surface area contributed by atoms with Gasteiger partial charge in [-0.05, 0) is 32.4 Å². The fourth-order valence-corrected chi connectivity index (χ4v) is 3.13. The second-order valence-corrected chi connectivity index (χ2v) is 7.91. The molecule has 0 aromatic rings. The Bertz CT molecular complexity index is 385. The molecule has 0 aromatic carbocycles. The molecule has 0 aliphatic carbocycles. The molecule has 27 heavy (non-hydrogen) atoms. The molecule has 0 saturated carbocycles. The molecular weight excluding hydrogens is 346 g/mol. The van der Waals surface area contributed by atoms with Crippen LogP contribution in [0.15, 0.2) is 0 Å². The Hall–Kier alpha value is -0.730. The minimum atomic E-state index is -0.307. The average Bonchev–Trinajstić information content (AvgIpc) is 2.63. The van der Waals surface area contributed by atoms with Crippen molar-refractivity contribution in [1.29, 1.82) is 0 Å². The lowest BCUT2D eigenvalue weighted by atomic mass is 9.87. The zero-order valence-electron chi connectivity index (χ0n) is 17.6. The minimum absolute atomic E-state index is 0.0914. The van der Waals surface area contributed by atoms with Crippen molar-refractivity contribution in [1.82, 2.24) is 10.2 Å². The first-order valence-electron chi connectivity index (χ1n) is 10.4. The fraction of sp³-hybridized carbons (Fsp3) is 0.950. The predicted molar refractivity (Wildman–Crippen MR) is 108 cm³/mol. The summed E-state index contributed by atoms with van der Waals surface area (Å²) in [4.78, 5) is 14.4. The summed E-state index contributed by atoms with van der Waals surface area (Å²) in [6.45, 7) is 13.2. The van der Waals surface area contributed by atoms with Crippen LogP contribution >= 0.6 is 0 Å². The molecule has 0 atom stereocenters. The molecule has 1 aliphatic rings. The molecule has 1 fully saturated rings. The SMILES string of the molecule is CCCC(C)(C)C(=O)NCCOCCOCCOCCN1CCC(N)CC1. The van der Waals surface area contributed by atoms with Gasteiger partial charge in [-0.2, -0.15) is 0 Å². The Balaban J connectivity index is 1.82. The highest BCUT2D eigenvalue weighted by molar-refractivity contribution is 5.81. The third kappa shape index (κ3) is 11.7. The van der Waals surface area contributed by atoms with Gasteiger partial charge >= 0.3 is 0 Å². The van der Waals surface area contributed by atoms with Gasteiger partial charge in [0.2, 0.25) is 5.91 Å². The number of hydrogen-bond donors (Lipinski definition) is 2. The number of ether oxygens (including phenoxy) is 3. The van der Waals surface area contributed by atoms with Gasteiger partial charge in [0.15, 0.2) is 0 Å². The molecule has 1 rings (SSSR count). The van der Waals surface area contributed by atoms with E-state index in [1.54, 1.807) is 0 Å². The van der Waals surface area contributed by atoms with Crippen molar-refractivity contribution >= 4 is 5.91 Å². The van der Waals surface area contributed by atoms with E-state index in [2.05, 4.69) is 17.1 Å². The van der Waals surface area contributed by atoms with Gasteiger partial charge in [-0.1, -0.05) is 27.2 Å². The number of piperidine rings is 1. The van der Waals surface area contributed by atoms with Crippen LogP contribution in [0.4, 0.5) is 0 Å². The van der Waals surface area contributed by atoms with Crippen molar-refractivity contribution in [3.63, 3.8) is 0 Å². The van der Waals surface area contributed by atoms with E-state index >= 15 is 0 Å². The van der Waals surface area contributed by atoms with Crippen molar-refractivity contribution < 1.29 is 19.0 Å². The summed E-state index contributed by atoms with van der Waals surface area (Å²) in [5.41, 5.74) is 5.59. The van der Waals surface area contributed by atoms with Crippen LogP contribution in [0.25, 0.3) is 0 Å². The summed E-state index contributed by atoms with van der Waals surface area (Å²) in [5.74, 6) is 0.0914. The predicted octanol–water partition coefficient (Wildman–Crippen LogP) is 1.40. The van der Waals surface area contributed by atoms with Crippen molar-refractivity contribution in [3.8, 4) is 0 Å². The topological polar surface area (TPSA) is 86.1 Å². The molecule has 1 saturated heterocycles. The molecule has 0 unspecified atom stereocenters. The number of nitrogens with one attached hydrogen (secondary N) is 1. The molecule has 0 spiro atoms. The summed E-state index contributed by atoms with van der Waals surface area (Å²) in [6.07, 6.45) is 4.07. The average molecular weight is 388 g/mol. The van der Waals surface area contributed by atoms with Crippen LogP contribution in [0.2, 0.25) is 0 Å². The van der Waals surface area contributed by atoms with Gasteiger partial charge in [0, 0.05) is 24.5 Å². The standard InChI is InChI=1S/C20H41N3O4/c1-4-7-20(2,3)19(24)22-8-12-25-14-16-27-17-15-26-13-11-23-9-5-18(21)6-10-23/h18H,4-17,21H2,1-3H3,(H,22,24). The van der Waals surface area contributed by atoms with Gasteiger partial charge in [-0.15, -0.1) is 0 Å². The van der Waals surface area contributed by atoms with Crippen molar-refractivity contribution in [2.24, 2.45) is 11.1 Å². The van der Waals surface area contributed by atoms with Crippen molar-refractivity contribution in [3.05, 3.63) is 0 Å². The summed E-state index contributed by atoms with van der Waals surface area (Å²) in [5, 5.41) is 2.93. The van der Waals surface area contributed by atoms with E-state index in [1.165, 1.54) is 0 Å². The zero-order chi connectivity index (χ0) is 20.0. The number of nitrogens with two attached hydrogens (primary N) is 1. The molecule has 1 aliphatic heterocycles. The minimum Gasteiger partial charge on any atom is -0.378 e. The molecule has 0 aromatic heterocycles. The van der Waals surface area contributed by atoms with Crippen LogP contribution in [0, 0.1) is 5.41 Å². The highest BCUT2D eigenvalue weighted by Gasteiger charge is 2.25. The lowest BCUT2D eigenvalue weighted by Crippen LogP contribution is -2.41. The third-order valence-corrected chi connectivity index (χ3v) is 4.95. The summed E-state index contributed by atoms with van der Waals surface area (Å²) >= 11 is 0. The summed E-state index contributed by atoms with van der Waals surface area (Å²) in [7, 11) is 0. The maximum atomic E-state index is 12.0. The molecule has 1 heterocycles. The Morgan fingerprint density at radius 3 is 2.19 bits per heavy atom. The first-order chi connectivity index (χ1) is 13.0. The largest absolute Gasteiger partial charge is 0.378 e. The number of hydrogen-bond acceptors (Lipinski definition) is 6. The van der Waals surface area contributed by atoms with Crippen LogP contribution < -0.4 is 11.1 Å². The Morgan fingerprint density at radius 1 is 1.04 bits per heavy atom. The van der Waals surface area contributed by atoms with Crippen LogP contribution in [-0.2, 0) is 19.0 Å². The van der Waals surface area contributed by atoms with Crippen LogP contribution in [0.3, 0.4) is 0 Å². The van der Waals surface area contributed by atoms with E-state index in [0.29, 0.717) is 45.6 Å². The third-order valence-electron chi connectivity index (χ3n) is 4.95.